The lowest BCUT2D eigenvalue weighted by Gasteiger charge is -2.11. The number of ether oxygens (including phenoxy) is 1. The molecule has 0 amide bonds. The molecule has 1 aromatic carbocycles. The third kappa shape index (κ3) is 4.96. The van der Waals surface area contributed by atoms with Crippen molar-refractivity contribution in [1.29, 1.82) is 0 Å². The summed E-state index contributed by atoms with van der Waals surface area (Å²) >= 11 is 0. The highest BCUT2D eigenvalue weighted by molar-refractivity contribution is 7.85. The SMILES string of the molecule is COc1nc(C)c2nc(-c3cncc(F)c3)n(Cc3ccc(COS(C)(=O)=O)cc3F)c2n1. The summed E-state index contributed by atoms with van der Waals surface area (Å²) in [7, 11) is -2.23. The molecular formula is C21H19F2N5O4S. The number of rotatable bonds is 7. The van der Waals surface area contributed by atoms with Crippen molar-refractivity contribution in [3.05, 3.63) is 65.1 Å². The molecule has 0 atom stereocenters. The van der Waals surface area contributed by atoms with E-state index in [0.717, 1.165) is 12.5 Å². The van der Waals surface area contributed by atoms with E-state index >= 15 is 0 Å². The van der Waals surface area contributed by atoms with Crippen LogP contribution in [-0.4, -0.2) is 46.3 Å². The molecule has 0 spiro atoms. The zero-order valence-electron chi connectivity index (χ0n) is 17.9. The maximum absolute atomic E-state index is 14.9. The number of hydrogen-bond acceptors (Lipinski definition) is 8. The number of benzene rings is 1. The van der Waals surface area contributed by atoms with Gasteiger partial charge in [-0.05, 0) is 24.6 Å². The molecule has 0 saturated carbocycles. The van der Waals surface area contributed by atoms with Gasteiger partial charge in [0, 0.05) is 17.3 Å². The fourth-order valence-corrected chi connectivity index (χ4v) is 3.61. The van der Waals surface area contributed by atoms with Crippen LogP contribution in [0, 0.1) is 18.6 Å². The molecule has 0 aliphatic rings. The summed E-state index contributed by atoms with van der Waals surface area (Å²) in [6.07, 6.45) is 3.44. The van der Waals surface area contributed by atoms with E-state index in [1.807, 2.05) is 0 Å². The van der Waals surface area contributed by atoms with Crippen LogP contribution in [0.5, 0.6) is 6.01 Å². The molecule has 0 aliphatic carbocycles. The second kappa shape index (κ2) is 8.79. The van der Waals surface area contributed by atoms with Crippen LogP contribution in [0.3, 0.4) is 0 Å². The largest absolute Gasteiger partial charge is 0.467 e. The maximum Gasteiger partial charge on any atom is 0.318 e. The van der Waals surface area contributed by atoms with Crippen molar-refractivity contribution < 1.29 is 26.1 Å². The van der Waals surface area contributed by atoms with E-state index in [0.29, 0.717) is 33.8 Å². The van der Waals surface area contributed by atoms with Gasteiger partial charge in [-0.1, -0.05) is 12.1 Å². The van der Waals surface area contributed by atoms with Gasteiger partial charge in [-0.3, -0.25) is 9.17 Å². The fraction of sp³-hybridized carbons (Fsp3) is 0.238. The smallest absolute Gasteiger partial charge is 0.318 e. The first kappa shape index (κ1) is 22.7. The Morgan fingerprint density at radius 1 is 1.09 bits per heavy atom. The quantitative estimate of drug-likeness (QED) is 0.375. The van der Waals surface area contributed by atoms with E-state index in [-0.39, 0.29) is 24.7 Å². The standard InChI is InChI=1S/C21H19F2N5O4S/c1-12-18-20(27-21(25-12)31-2)28(19(26-18)15-7-16(22)9-24-8-15)10-14-5-4-13(6-17(14)23)11-32-33(3,29)30/h4-9H,10-11H2,1-3H3. The van der Waals surface area contributed by atoms with E-state index < -0.39 is 21.8 Å². The molecular weight excluding hydrogens is 456 g/mol. The number of pyridine rings is 1. The van der Waals surface area contributed by atoms with Crippen molar-refractivity contribution >= 4 is 21.3 Å². The van der Waals surface area contributed by atoms with E-state index in [1.165, 1.54) is 31.5 Å². The van der Waals surface area contributed by atoms with Crippen LogP contribution in [0.4, 0.5) is 8.78 Å². The number of nitrogens with zero attached hydrogens (tertiary/aromatic N) is 5. The Morgan fingerprint density at radius 2 is 1.88 bits per heavy atom. The lowest BCUT2D eigenvalue weighted by molar-refractivity contribution is 0.311. The molecule has 0 fully saturated rings. The summed E-state index contributed by atoms with van der Waals surface area (Å²) in [6.45, 7) is 1.45. The van der Waals surface area contributed by atoms with Crippen molar-refractivity contribution in [2.24, 2.45) is 0 Å². The van der Waals surface area contributed by atoms with Crippen LogP contribution < -0.4 is 4.74 Å². The zero-order valence-corrected chi connectivity index (χ0v) is 18.7. The molecule has 4 aromatic rings. The minimum absolute atomic E-state index is 0.000993. The highest BCUT2D eigenvalue weighted by Crippen LogP contribution is 2.28. The predicted octanol–water partition coefficient (Wildman–Crippen LogP) is 3.01. The van der Waals surface area contributed by atoms with Gasteiger partial charge in [0.1, 0.15) is 23.0 Å². The summed E-state index contributed by atoms with van der Waals surface area (Å²) in [5.74, 6) is -0.799. The van der Waals surface area contributed by atoms with Crippen LogP contribution in [0.1, 0.15) is 16.8 Å². The monoisotopic (exact) mass is 475 g/mol. The van der Waals surface area contributed by atoms with Crippen molar-refractivity contribution in [2.45, 2.75) is 20.1 Å². The molecule has 172 valence electrons. The van der Waals surface area contributed by atoms with Gasteiger partial charge in [0.2, 0.25) is 0 Å². The Kier molecular flexibility index (Phi) is 6.04. The first-order chi connectivity index (χ1) is 15.6. The Hall–Kier alpha value is -3.51. The van der Waals surface area contributed by atoms with Crippen molar-refractivity contribution in [2.75, 3.05) is 13.4 Å². The predicted molar refractivity (Wildman–Crippen MR) is 115 cm³/mol. The molecule has 0 unspecified atom stereocenters. The number of halogens is 2. The van der Waals surface area contributed by atoms with Crippen LogP contribution in [0.15, 0.2) is 36.7 Å². The second-order valence-corrected chi connectivity index (χ2v) is 8.92. The molecule has 3 aromatic heterocycles. The van der Waals surface area contributed by atoms with Gasteiger partial charge >= 0.3 is 6.01 Å². The second-order valence-electron chi connectivity index (χ2n) is 7.27. The van der Waals surface area contributed by atoms with E-state index in [9.17, 15) is 17.2 Å². The molecule has 0 aliphatic heterocycles. The van der Waals surface area contributed by atoms with Crippen molar-refractivity contribution in [3.63, 3.8) is 0 Å². The van der Waals surface area contributed by atoms with Crippen LogP contribution in [0.25, 0.3) is 22.6 Å². The van der Waals surface area contributed by atoms with E-state index in [1.54, 1.807) is 17.6 Å². The van der Waals surface area contributed by atoms with Crippen molar-refractivity contribution in [3.8, 4) is 17.4 Å². The van der Waals surface area contributed by atoms with E-state index in [4.69, 9.17) is 8.92 Å². The van der Waals surface area contributed by atoms with Gasteiger partial charge in [0.05, 0.1) is 38.4 Å². The Labute approximate surface area is 188 Å². The van der Waals surface area contributed by atoms with Gasteiger partial charge in [0.25, 0.3) is 10.1 Å². The Balaban J connectivity index is 1.81. The summed E-state index contributed by atoms with van der Waals surface area (Å²) in [6, 6.07) is 5.66. The first-order valence-electron chi connectivity index (χ1n) is 9.66. The highest BCUT2D eigenvalue weighted by Gasteiger charge is 2.20. The summed E-state index contributed by atoms with van der Waals surface area (Å²) in [4.78, 5) is 17.0. The summed E-state index contributed by atoms with van der Waals surface area (Å²) in [5.41, 5.74) is 2.38. The topological polar surface area (TPSA) is 109 Å². The molecule has 0 saturated heterocycles. The fourth-order valence-electron chi connectivity index (χ4n) is 3.26. The molecule has 0 N–H and O–H groups in total. The lowest BCUT2D eigenvalue weighted by atomic mass is 10.1. The van der Waals surface area contributed by atoms with Crippen LogP contribution in [-0.2, 0) is 27.5 Å². The third-order valence-corrected chi connectivity index (χ3v) is 5.33. The average Bonchev–Trinajstić information content (AvgIpc) is 3.12. The zero-order chi connectivity index (χ0) is 23.8. The summed E-state index contributed by atoms with van der Waals surface area (Å²) < 4.78 is 62.7. The normalized spacial score (nSPS) is 11.8. The van der Waals surface area contributed by atoms with Crippen molar-refractivity contribution in [1.82, 2.24) is 24.5 Å². The molecule has 33 heavy (non-hydrogen) atoms. The lowest BCUT2D eigenvalue weighted by Crippen LogP contribution is -2.07. The number of imidazole rings is 1. The number of hydrogen-bond donors (Lipinski definition) is 0. The Morgan fingerprint density at radius 3 is 2.55 bits per heavy atom. The van der Waals surface area contributed by atoms with Gasteiger partial charge in [-0.15, -0.1) is 0 Å². The Bertz CT molecular complexity index is 1460. The number of fused-ring (bicyclic) bond motifs is 1. The molecule has 0 radical (unpaired) electrons. The third-order valence-electron chi connectivity index (χ3n) is 4.78. The molecule has 4 rings (SSSR count). The average molecular weight is 475 g/mol. The molecule has 12 heteroatoms. The van der Waals surface area contributed by atoms with Gasteiger partial charge in [0.15, 0.2) is 5.65 Å². The number of methoxy groups -OCH3 is 1. The summed E-state index contributed by atoms with van der Waals surface area (Å²) in [5, 5.41) is 0. The highest BCUT2D eigenvalue weighted by atomic mass is 32.2. The van der Waals surface area contributed by atoms with E-state index in [2.05, 4.69) is 19.9 Å². The van der Waals surface area contributed by atoms with Gasteiger partial charge in [-0.25, -0.2) is 13.8 Å². The van der Waals surface area contributed by atoms with Crippen LogP contribution in [0.2, 0.25) is 0 Å². The number of aryl methyl sites for hydroxylation is 1. The maximum atomic E-state index is 14.9. The minimum Gasteiger partial charge on any atom is -0.467 e. The van der Waals surface area contributed by atoms with Crippen LogP contribution >= 0.6 is 0 Å². The molecule has 0 bridgehead atoms. The molecule has 9 nitrogen and oxygen atoms in total. The minimum atomic E-state index is -3.66. The van der Waals surface area contributed by atoms with Gasteiger partial charge < -0.3 is 9.30 Å². The number of aromatic nitrogens is 5. The first-order valence-corrected chi connectivity index (χ1v) is 11.5. The van der Waals surface area contributed by atoms with Gasteiger partial charge in [-0.2, -0.15) is 18.4 Å². The molecule has 3 heterocycles.